The molecule has 0 aliphatic heterocycles. The summed E-state index contributed by atoms with van der Waals surface area (Å²) in [6.45, 7) is 0. The minimum Gasteiger partial charge on any atom is -0.508 e. The van der Waals surface area contributed by atoms with E-state index in [0.717, 1.165) is 29.0 Å². The van der Waals surface area contributed by atoms with Gasteiger partial charge in [0.15, 0.2) is 0 Å². The normalized spacial score (nSPS) is 10.1. The molecule has 0 amide bonds. The molecule has 0 spiro atoms. The third-order valence-electron chi connectivity index (χ3n) is 2.76. The summed E-state index contributed by atoms with van der Waals surface area (Å²) in [6.07, 6.45) is 0.772. The van der Waals surface area contributed by atoms with Crippen molar-refractivity contribution in [3.63, 3.8) is 0 Å². The number of ether oxygens (including phenoxy) is 2. The molecule has 0 bridgehead atoms. The second-order valence-electron chi connectivity index (χ2n) is 4.06. The second-order valence-corrected chi connectivity index (χ2v) is 4.06. The second kappa shape index (κ2) is 5.45. The third kappa shape index (κ3) is 2.94. The molecule has 0 saturated carbocycles. The van der Waals surface area contributed by atoms with Crippen molar-refractivity contribution in [2.45, 2.75) is 6.42 Å². The Hall–Kier alpha value is -2.16. The first-order valence-corrected chi connectivity index (χ1v) is 5.71. The standard InChI is InChI=1S/C15H16O3/c1-17-14-8-12(9-15(10-14)18-2)7-11-3-5-13(16)6-4-11/h3-6,8-10,16H,7H2,1-2H3. The van der Waals surface area contributed by atoms with Crippen LogP contribution in [0, 0.1) is 0 Å². The predicted octanol–water partition coefficient (Wildman–Crippen LogP) is 3.00. The Morgan fingerprint density at radius 3 is 1.89 bits per heavy atom. The van der Waals surface area contributed by atoms with Gasteiger partial charge in [0.25, 0.3) is 0 Å². The predicted molar refractivity (Wildman–Crippen MR) is 70.5 cm³/mol. The van der Waals surface area contributed by atoms with Crippen molar-refractivity contribution in [3.8, 4) is 17.2 Å². The Morgan fingerprint density at radius 2 is 1.39 bits per heavy atom. The Balaban J connectivity index is 2.25. The van der Waals surface area contributed by atoms with E-state index in [1.807, 2.05) is 30.3 Å². The molecule has 1 N–H and O–H groups in total. The van der Waals surface area contributed by atoms with E-state index in [4.69, 9.17) is 9.47 Å². The molecule has 18 heavy (non-hydrogen) atoms. The summed E-state index contributed by atoms with van der Waals surface area (Å²) in [6, 6.07) is 13.0. The molecule has 0 fully saturated rings. The lowest BCUT2D eigenvalue weighted by molar-refractivity contribution is 0.393. The van der Waals surface area contributed by atoms with Crippen LogP contribution in [0.2, 0.25) is 0 Å². The summed E-state index contributed by atoms with van der Waals surface area (Å²) in [5.74, 6) is 1.84. The van der Waals surface area contributed by atoms with Crippen LogP contribution in [0.15, 0.2) is 42.5 Å². The van der Waals surface area contributed by atoms with Gasteiger partial charge in [0, 0.05) is 6.07 Å². The monoisotopic (exact) mass is 244 g/mol. The summed E-state index contributed by atoms with van der Waals surface area (Å²) >= 11 is 0. The van der Waals surface area contributed by atoms with Gasteiger partial charge in [-0.1, -0.05) is 12.1 Å². The lowest BCUT2D eigenvalue weighted by atomic mass is 10.0. The Kier molecular flexibility index (Phi) is 3.72. The van der Waals surface area contributed by atoms with Crippen LogP contribution < -0.4 is 9.47 Å². The fourth-order valence-electron chi connectivity index (χ4n) is 1.82. The molecule has 2 aromatic carbocycles. The van der Waals surface area contributed by atoms with Crippen LogP contribution >= 0.6 is 0 Å². The maximum atomic E-state index is 9.25. The molecular formula is C15H16O3. The SMILES string of the molecule is COc1cc(Cc2ccc(O)cc2)cc(OC)c1. The van der Waals surface area contributed by atoms with Crippen molar-refractivity contribution in [3.05, 3.63) is 53.6 Å². The summed E-state index contributed by atoms with van der Waals surface area (Å²) in [5, 5.41) is 9.25. The average Bonchev–Trinajstić information content (AvgIpc) is 2.41. The number of hydrogen-bond acceptors (Lipinski definition) is 3. The maximum Gasteiger partial charge on any atom is 0.122 e. The average molecular weight is 244 g/mol. The molecule has 94 valence electrons. The van der Waals surface area contributed by atoms with E-state index in [1.165, 1.54) is 0 Å². The fourth-order valence-corrected chi connectivity index (χ4v) is 1.82. The molecule has 0 aromatic heterocycles. The number of phenolic OH excluding ortho intramolecular Hbond substituents is 1. The van der Waals surface area contributed by atoms with Gasteiger partial charge in [-0.25, -0.2) is 0 Å². The van der Waals surface area contributed by atoms with Gasteiger partial charge in [0.1, 0.15) is 17.2 Å². The van der Waals surface area contributed by atoms with Gasteiger partial charge in [0.2, 0.25) is 0 Å². The smallest absolute Gasteiger partial charge is 0.122 e. The third-order valence-corrected chi connectivity index (χ3v) is 2.76. The Morgan fingerprint density at radius 1 is 0.833 bits per heavy atom. The summed E-state index contributed by atoms with van der Waals surface area (Å²) in [4.78, 5) is 0. The van der Waals surface area contributed by atoms with Crippen LogP contribution in [0.4, 0.5) is 0 Å². The molecular weight excluding hydrogens is 228 g/mol. The number of hydrogen-bond donors (Lipinski definition) is 1. The van der Waals surface area contributed by atoms with E-state index in [0.29, 0.717) is 0 Å². The maximum absolute atomic E-state index is 9.25. The number of rotatable bonds is 4. The van der Waals surface area contributed by atoms with Gasteiger partial charge in [-0.05, 0) is 41.8 Å². The van der Waals surface area contributed by atoms with E-state index < -0.39 is 0 Å². The summed E-state index contributed by atoms with van der Waals surface area (Å²) in [5.41, 5.74) is 2.24. The van der Waals surface area contributed by atoms with Crippen molar-refractivity contribution < 1.29 is 14.6 Å². The van der Waals surface area contributed by atoms with Crippen LogP contribution in [0.25, 0.3) is 0 Å². The number of benzene rings is 2. The van der Waals surface area contributed by atoms with Crippen molar-refractivity contribution in [2.75, 3.05) is 14.2 Å². The molecule has 3 heteroatoms. The molecule has 0 aliphatic rings. The molecule has 0 unspecified atom stereocenters. The highest BCUT2D eigenvalue weighted by atomic mass is 16.5. The number of phenols is 1. The zero-order valence-corrected chi connectivity index (χ0v) is 10.5. The number of methoxy groups -OCH3 is 2. The highest BCUT2D eigenvalue weighted by Gasteiger charge is 2.03. The van der Waals surface area contributed by atoms with E-state index in [1.54, 1.807) is 26.4 Å². The Labute approximate surface area is 107 Å². The topological polar surface area (TPSA) is 38.7 Å². The summed E-state index contributed by atoms with van der Waals surface area (Å²) < 4.78 is 10.5. The van der Waals surface area contributed by atoms with Crippen molar-refractivity contribution in [2.24, 2.45) is 0 Å². The molecule has 3 nitrogen and oxygen atoms in total. The van der Waals surface area contributed by atoms with Gasteiger partial charge in [-0.3, -0.25) is 0 Å². The first kappa shape index (κ1) is 12.3. The zero-order chi connectivity index (χ0) is 13.0. The first-order valence-electron chi connectivity index (χ1n) is 5.71. The van der Waals surface area contributed by atoms with Crippen molar-refractivity contribution in [1.29, 1.82) is 0 Å². The van der Waals surface area contributed by atoms with Gasteiger partial charge in [0.05, 0.1) is 14.2 Å². The van der Waals surface area contributed by atoms with Crippen LogP contribution in [0.3, 0.4) is 0 Å². The van der Waals surface area contributed by atoms with Crippen molar-refractivity contribution in [1.82, 2.24) is 0 Å². The van der Waals surface area contributed by atoms with Crippen LogP contribution in [-0.4, -0.2) is 19.3 Å². The van der Waals surface area contributed by atoms with Gasteiger partial charge < -0.3 is 14.6 Å². The fraction of sp³-hybridized carbons (Fsp3) is 0.200. The van der Waals surface area contributed by atoms with E-state index in [2.05, 4.69) is 0 Å². The quantitative estimate of drug-likeness (QED) is 0.898. The summed E-state index contributed by atoms with van der Waals surface area (Å²) in [7, 11) is 3.28. The minimum absolute atomic E-state index is 0.280. The largest absolute Gasteiger partial charge is 0.508 e. The first-order chi connectivity index (χ1) is 8.71. The molecule has 0 atom stereocenters. The highest BCUT2D eigenvalue weighted by Crippen LogP contribution is 2.24. The van der Waals surface area contributed by atoms with E-state index >= 15 is 0 Å². The number of aromatic hydroxyl groups is 1. The highest BCUT2D eigenvalue weighted by molar-refractivity contribution is 5.41. The van der Waals surface area contributed by atoms with Gasteiger partial charge >= 0.3 is 0 Å². The molecule has 0 radical (unpaired) electrons. The lowest BCUT2D eigenvalue weighted by Gasteiger charge is -2.08. The van der Waals surface area contributed by atoms with E-state index in [9.17, 15) is 5.11 Å². The van der Waals surface area contributed by atoms with Crippen LogP contribution in [-0.2, 0) is 6.42 Å². The molecule has 2 rings (SSSR count). The molecule has 0 heterocycles. The van der Waals surface area contributed by atoms with Crippen molar-refractivity contribution >= 4 is 0 Å². The lowest BCUT2D eigenvalue weighted by Crippen LogP contribution is -1.92. The van der Waals surface area contributed by atoms with Gasteiger partial charge in [-0.15, -0.1) is 0 Å². The zero-order valence-electron chi connectivity index (χ0n) is 10.5. The molecule has 0 saturated heterocycles. The van der Waals surface area contributed by atoms with Crippen LogP contribution in [0.1, 0.15) is 11.1 Å². The molecule has 2 aromatic rings. The minimum atomic E-state index is 0.280. The molecule has 0 aliphatic carbocycles. The van der Waals surface area contributed by atoms with Crippen LogP contribution in [0.5, 0.6) is 17.2 Å². The Bertz CT molecular complexity index is 496. The van der Waals surface area contributed by atoms with Gasteiger partial charge in [-0.2, -0.15) is 0 Å². The van der Waals surface area contributed by atoms with E-state index in [-0.39, 0.29) is 5.75 Å².